The Morgan fingerprint density at radius 3 is 2.85 bits per heavy atom. The number of carbonyl (C=O) groups is 1. The van der Waals surface area contributed by atoms with Crippen LogP contribution in [0.2, 0.25) is 0 Å². The van der Waals surface area contributed by atoms with Crippen LogP contribution in [0.4, 0.5) is 4.39 Å². The number of hydrogen-bond donors (Lipinski definition) is 0. The summed E-state index contributed by atoms with van der Waals surface area (Å²) in [6.07, 6.45) is 2.96. The largest absolute Gasteiger partial charge is 0.470 e. The third kappa shape index (κ3) is 3.21. The highest BCUT2D eigenvalue weighted by atomic mass is 127. The zero-order valence-electron chi connectivity index (χ0n) is 10.5. The Kier molecular flexibility index (Phi) is 4.83. The van der Waals surface area contributed by atoms with E-state index in [-0.39, 0.29) is 23.7 Å². The van der Waals surface area contributed by atoms with Crippen molar-refractivity contribution in [2.24, 2.45) is 0 Å². The number of carbonyl (C=O) groups excluding carboxylic acids is 1. The average Bonchev–Trinajstić information content (AvgIpc) is 2.46. The number of aromatic nitrogens is 2. The van der Waals surface area contributed by atoms with Crippen LogP contribution in [0.3, 0.4) is 0 Å². The van der Waals surface area contributed by atoms with Crippen LogP contribution in [-0.2, 0) is 11.3 Å². The highest BCUT2D eigenvalue weighted by Crippen LogP contribution is 2.23. The van der Waals surface area contributed by atoms with Crippen molar-refractivity contribution < 1.29 is 18.7 Å². The zero-order valence-corrected chi connectivity index (χ0v) is 12.6. The van der Waals surface area contributed by atoms with E-state index in [0.717, 1.165) is 0 Å². The topological polar surface area (TPSA) is 61.3 Å². The second kappa shape index (κ2) is 6.60. The summed E-state index contributed by atoms with van der Waals surface area (Å²) in [5.74, 6) is -0.939. The van der Waals surface area contributed by atoms with Gasteiger partial charge in [0.2, 0.25) is 5.88 Å². The number of hydrogen-bond acceptors (Lipinski definition) is 5. The molecule has 0 atom stereocenters. The SMILES string of the molecule is COC(=O)c1c(I)ccnc1OCc1ncccc1F. The Morgan fingerprint density at radius 1 is 1.35 bits per heavy atom. The minimum absolute atomic E-state index is 0.0915. The van der Waals surface area contributed by atoms with Crippen LogP contribution in [-0.4, -0.2) is 23.0 Å². The number of rotatable bonds is 4. The number of esters is 1. The quantitative estimate of drug-likeness (QED) is 0.595. The molecule has 0 aliphatic heterocycles. The smallest absolute Gasteiger partial charge is 0.344 e. The van der Waals surface area contributed by atoms with E-state index in [9.17, 15) is 9.18 Å². The average molecular weight is 388 g/mol. The summed E-state index contributed by atoms with van der Waals surface area (Å²) in [5, 5.41) is 0. The van der Waals surface area contributed by atoms with Gasteiger partial charge in [0.05, 0.1) is 7.11 Å². The highest BCUT2D eigenvalue weighted by Gasteiger charge is 2.19. The molecular weight excluding hydrogens is 378 g/mol. The monoisotopic (exact) mass is 388 g/mol. The molecule has 2 aromatic heterocycles. The molecule has 0 aromatic carbocycles. The highest BCUT2D eigenvalue weighted by molar-refractivity contribution is 14.1. The fourth-order valence-electron chi connectivity index (χ4n) is 1.48. The van der Waals surface area contributed by atoms with Crippen molar-refractivity contribution >= 4 is 28.6 Å². The van der Waals surface area contributed by atoms with Gasteiger partial charge < -0.3 is 9.47 Å². The van der Waals surface area contributed by atoms with Crippen molar-refractivity contribution in [1.29, 1.82) is 0 Å². The normalized spacial score (nSPS) is 10.2. The van der Waals surface area contributed by atoms with Crippen LogP contribution in [0.5, 0.6) is 5.88 Å². The van der Waals surface area contributed by atoms with E-state index in [1.165, 1.54) is 31.6 Å². The lowest BCUT2D eigenvalue weighted by atomic mass is 10.3. The summed E-state index contributed by atoms with van der Waals surface area (Å²) in [6, 6.07) is 4.43. The molecule has 0 saturated heterocycles. The molecule has 0 aliphatic carbocycles. The maximum atomic E-state index is 13.4. The maximum Gasteiger partial charge on any atom is 0.344 e. The lowest BCUT2D eigenvalue weighted by Gasteiger charge is -2.10. The molecule has 5 nitrogen and oxygen atoms in total. The lowest BCUT2D eigenvalue weighted by molar-refractivity contribution is 0.0593. The third-order valence-corrected chi connectivity index (χ3v) is 3.33. The standard InChI is InChI=1S/C13H10FIN2O3/c1-19-13(18)11-9(15)4-6-17-12(11)20-7-10-8(14)3-2-5-16-10/h2-6H,7H2,1H3. The minimum atomic E-state index is -0.556. The van der Waals surface area contributed by atoms with E-state index in [4.69, 9.17) is 4.74 Å². The summed E-state index contributed by atoms with van der Waals surface area (Å²) < 4.78 is 24.1. The number of methoxy groups -OCH3 is 1. The van der Waals surface area contributed by atoms with Crippen LogP contribution in [0.1, 0.15) is 16.1 Å². The van der Waals surface area contributed by atoms with Crippen molar-refractivity contribution in [1.82, 2.24) is 9.97 Å². The van der Waals surface area contributed by atoms with Gasteiger partial charge >= 0.3 is 5.97 Å². The summed E-state index contributed by atoms with van der Waals surface area (Å²) in [7, 11) is 1.27. The third-order valence-electron chi connectivity index (χ3n) is 2.44. The van der Waals surface area contributed by atoms with Crippen LogP contribution >= 0.6 is 22.6 Å². The molecular formula is C13H10FIN2O3. The molecule has 104 valence electrons. The number of halogens is 2. The van der Waals surface area contributed by atoms with Gasteiger partial charge in [-0.15, -0.1) is 0 Å². The Morgan fingerprint density at radius 2 is 2.15 bits per heavy atom. The minimum Gasteiger partial charge on any atom is -0.470 e. The number of ether oxygens (including phenoxy) is 2. The molecule has 0 fully saturated rings. The summed E-state index contributed by atoms with van der Waals surface area (Å²) in [4.78, 5) is 19.5. The summed E-state index contributed by atoms with van der Waals surface area (Å²) in [6.45, 7) is -0.121. The van der Waals surface area contributed by atoms with Gasteiger partial charge in [0, 0.05) is 16.0 Å². The van der Waals surface area contributed by atoms with Gasteiger partial charge in [0.25, 0.3) is 0 Å². The van der Waals surface area contributed by atoms with E-state index in [0.29, 0.717) is 3.57 Å². The molecule has 0 unspecified atom stereocenters. The molecule has 2 heterocycles. The maximum absolute atomic E-state index is 13.4. The van der Waals surface area contributed by atoms with Gasteiger partial charge in [-0.05, 0) is 40.8 Å². The van der Waals surface area contributed by atoms with Gasteiger partial charge in [-0.1, -0.05) is 0 Å². The van der Waals surface area contributed by atoms with E-state index in [1.807, 2.05) is 22.6 Å². The van der Waals surface area contributed by atoms with Gasteiger partial charge in [-0.25, -0.2) is 14.2 Å². The second-order valence-corrected chi connectivity index (χ2v) is 4.85. The number of nitrogens with zero attached hydrogens (tertiary/aromatic N) is 2. The van der Waals surface area contributed by atoms with Crippen molar-refractivity contribution in [2.75, 3.05) is 7.11 Å². The molecule has 0 radical (unpaired) electrons. The van der Waals surface area contributed by atoms with Crippen LogP contribution in [0.25, 0.3) is 0 Å². The molecule has 0 spiro atoms. The van der Waals surface area contributed by atoms with E-state index < -0.39 is 11.8 Å². The van der Waals surface area contributed by atoms with Crippen molar-refractivity contribution in [3.8, 4) is 5.88 Å². The first kappa shape index (κ1) is 14.6. The van der Waals surface area contributed by atoms with Crippen molar-refractivity contribution in [3.63, 3.8) is 0 Å². The second-order valence-electron chi connectivity index (χ2n) is 3.69. The van der Waals surface area contributed by atoms with Crippen molar-refractivity contribution in [2.45, 2.75) is 6.61 Å². The molecule has 2 rings (SSSR count). The van der Waals surface area contributed by atoms with Gasteiger partial charge in [0.15, 0.2) is 0 Å². The van der Waals surface area contributed by atoms with E-state index in [2.05, 4.69) is 14.7 Å². The predicted molar refractivity (Wildman–Crippen MR) is 76.8 cm³/mol. The first-order valence-electron chi connectivity index (χ1n) is 5.58. The Labute approximate surface area is 128 Å². The molecule has 0 saturated carbocycles. The molecule has 0 N–H and O–H groups in total. The fourth-order valence-corrected chi connectivity index (χ4v) is 2.09. The van der Waals surface area contributed by atoms with Gasteiger partial charge in [-0.3, -0.25) is 4.98 Å². The Balaban J connectivity index is 2.24. The fraction of sp³-hybridized carbons (Fsp3) is 0.154. The predicted octanol–water partition coefficient (Wildman–Crippen LogP) is 2.59. The molecule has 2 aromatic rings. The van der Waals surface area contributed by atoms with Gasteiger partial charge in [-0.2, -0.15) is 0 Å². The molecule has 20 heavy (non-hydrogen) atoms. The number of pyridine rings is 2. The van der Waals surface area contributed by atoms with Crippen LogP contribution in [0.15, 0.2) is 30.6 Å². The van der Waals surface area contributed by atoms with E-state index in [1.54, 1.807) is 6.07 Å². The Bertz CT molecular complexity index is 637. The first-order chi connectivity index (χ1) is 9.63. The molecule has 0 aliphatic rings. The van der Waals surface area contributed by atoms with Crippen molar-refractivity contribution in [3.05, 3.63) is 51.2 Å². The first-order valence-corrected chi connectivity index (χ1v) is 6.66. The Hall–Kier alpha value is -1.77. The van der Waals surface area contributed by atoms with Gasteiger partial charge in [0.1, 0.15) is 23.7 Å². The van der Waals surface area contributed by atoms with Crippen LogP contribution < -0.4 is 4.74 Å². The van der Waals surface area contributed by atoms with Crippen LogP contribution in [0, 0.1) is 9.39 Å². The summed E-state index contributed by atoms with van der Waals surface area (Å²) >= 11 is 1.98. The molecule has 0 amide bonds. The summed E-state index contributed by atoms with van der Waals surface area (Å²) in [5.41, 5.74) is 0.357. The molecule has 0 bridgehead atoms. The molecule has 7 heteroatoms. The zero-order chi connectivity index (χ0) is 14.5. The van der Waals surface area contributed by atoms with E-state index >= 15 is 0 Å². The lowest BCUT2D eigenvalue weighted by Crippen LogP contribution is -2.10.